The van der Waals surface area contributed by atoms with Gasteiger partial charge in [0.05, 0.1) is 10.9 Å². The van der Waals surface area contributed by atoms with E-state index in [0.717, 1.165) is 19.4 Å². The Morgan fingerprint density at radius 2 is 2.21 bits per heavy atom. The Morgan fingerprint density at radius 1 is 1.37 bits per heavy atom. The molecule has 100 valence electrons. The van der Waals surface area contributed by atoms with Crippen molar-refractivity contribution in [1.29, 1.82) is 0 Å². The standard InChI is InChI=1S/C13H15N3O3/c17-9-3-4-11-10(6-9)12(18)16(13(19)15-11)7-8-2-1-5-14-8/h3-4,6,8,14,17H,1-2,5,7H2,(H,15,19). The van der Waals surface area contributed by atoms with Gasteiger partial charge in [0.1, 0.15) is 5.75 Å². The predicted molar refractivity (Wildman–Crippen MR) is 71.5 cm³/mol. The average molecular weight is 261 g/mol. The molecular weight excluding hydrogens is 246 g/mol. The maximum Gasteiger partial charge on any atom is 0.328 e. The largest absolute Gasteiger partial charge is 0.508 e. The second kappa shape index (κ2) is 4.55. The number of hydrogen-bond donors (Lipinski definition) is 3. The molecule has 2 aromatic rings. The van der Waals surface area contributed by atoms with E-state index in [9.17, 15) is 14.7 Å². The number of phenols is 1. The van der Waals surface area contributed by atoms with Gasteiger partial charge < -0.3 is 15.4 Å². The molecule has 0 aliphatic carbocycles. The summed E-state index contributed by atoms with van der Waals surface area (Å²) in [5.41, 5.74) is -0.316. The van der Waals surface area contributed by atoms with Crippen molar-refractivity contribution in [3.05, 3.63) is 39.0 Å². The molecule has 0 amide bonds. The zero-order chi connectivity index (χ0) is 13.4. The van der Waals surface area contributed by atoms with Crippen LogP contribution in [-0.2, 0) is 6.54 Å². The van der Waals surface area contributed by atoms with Crippen molar-refractivity contribution in [2.75, 3.05) is 6.54 Å². The van der Waals surface area contributed by atoms with Crippen LogP contribution < -0.4 is 16.6 Å². The molecular formula is C13H15N3O3. The summed E-state index contributed by atoms with van der Waals surface area (Å²) in [4.78, 5) is 26.9. The number of benzene rings is 1. The van der Waals surface area contributed by atoms with Crippen LogP contribution in [0.5, 0.6) is 5.75 Å². The van der Waals surface area contributed by atoms with Crippen molar-refractivity contribution in [3.63, 3.8) is 0 Å². The molecule has 3 rings (SSSR count). The summed E-state index contributed by atoms with van der Waals surface area (Å²) in [6, 6.07) is 4.52. The normalized spacial score (nSPS) is 19.1. The second-order valence-corrected chi connectivity index (χ2v) is 4.87. The molecule has 6 heteroatoms. The lowest BCUT2D eigenvalue weighted by Gasteiger charge is -2.12. The lowest BCUT2D eigenvalue weighted by atomic mass is 10.2. The van der Waals surface area contributed by atoms with E-state index in [1.54, 1.807) is 0 Å². The van der Waals surface area contributed by atoms with E-state index in [4.69, 9.17) is 0 Å². The molecule has 0 radical (unpaired) electrons. The number of rotatable bonds is 2. The highest BCUT2D eigenvalue weighted by Crippen LogP contribution is 2.14. The number of phenolic OH excluding ortho intramolecular Hbond substituents is 1. The van der Waals surface area contributed by atoms with Crippen molar-refractivity contribution < 1.29 is 5.11 Å². The fraction of sp³-hybridized carbons (Fsp3) is 0.385. The van der Waals surface area contributed by atoms with Crippen molar-refractivity contribution >= 4 is 10.9 Å². The van der Waals surface area contributed by atoms with Crippen LogP contribution in [0.2, 0.25) is 0 Å². The molecule has 0 spiro atoms. The number of aromatic amines is 1. The molecule has 19 heavy (non-hydrogen) atoms. The third-order valence-electron chi connectivity index (χ3n) is 3.53. The number of hydrogen-bond acceptors (Lipinski definition) is 4. The van der Waals surface area contributed by atoms with Crippen molar-refractivity contribution in [3.8, 4) is 5.75 Å². The maximum atomic E-state index is 12.3. The lowest BCUT2D eigenvalue weighted by Crippen LogP contribution is -2.40. The van der Waals surface area contributed by atoms with Gasteiger partial charge in [-0.25, -0.2) is 4.79 Å². The van der Waals surface area contributed by atoms with Crippen LogP contribution in [0.15, 0.2) is 27.8 Å². The Balaban J connectivity index is 2.13. The van der Waals surface area contributed by atoms with Crippen LogP contribution in [0, 0.1) is 0 Å². The predicted octanol–water partition coefficient (Wildman–Crippen LogP) is 0.147. The average Bonchev–Trinajstić information content (AvgIpc) is 2.89. The second-order valence-electron chi connectivity index (χ2n) is 4.87. The van der Waals surface area contributed by atoms with Crippen LogP contribution in [-0.4, -0.2) is 27.2 Å². The van der Waals surface area contributed by atoms with Crippen molar-refractivity contribution in [1.82, 2.24) is 14.9 Å². The molecule has 1 aromatic carbocycles. The quantitative estimate of drug-likeness (QED) is 0.718. The minimum absolute atomic E-state index is 0.0159. The minimum atomic E-state index is -0.406. The first-order valence-electron chi connectivity index (χ1n) is 6.34. The number of fused-ring (bicyclic) bond motifs is 1. The van der Waals surface area contributed by atoms with Crippen LogP contribution >= 0.6 is 0 Å². The monoisotopic (exact) mass is 261 g/mol. The van der Waals surface area contributed by atoms with Crippen LogP contribution in [0.3, 0.4) is 0 Å². The van der Waals surface area contributed by atoms with Crippen molar-refractivity contribution in [2.45, 2.75) is 25.4 Å². The van der Waals surface area contributed by atoms with Gasteiger partial charge in [-0.2, -0.15) is 0 Å². The van der Waals surface area contributed by atoms with Crippen molar-refractivity contribution in [2.24, 2.45) is 0 Å². The number of aromatic hydroxyl groups is 1. The van der Waals surface area contributed by atoms with Gasteiger partial charge in [0, 0.05) is 12.6 Å². The highest BCUT2D eigenvalue weighted by Gasteiger charge is 2.17. The van der Waals surface area contributed by atoms with Gasteiger partial charge in [0.2, 0.25) is 0 Å². The molecule has 1 saturated heterocycles. The van der Waals surface area contributed by atoms with E-state index in [2.05, 4.69) is 10.3 Å². The van der Waals surface area contributed by atoms with Gasteiger partial charge in [0.15, 0.2) is 0 Å². The summed E-state index contributed by atoms with van der Waals surface area (Å²) in [6.45, 7) is 1.28. The maximum absolute atomic E-state index is 12.3. The molecule has 1 aliphatic heterocycles. The van der Waals surface area contributed by atoms with E-state index in [1.807, 2.05) is 0 Å². The first-order valence-corrected chi connectivity index (χ1v) is 6.34. The molecule has 2 heterocycles. The molecule has 1 aromatic heterocycles. The highest BCUT2D eigenvalue weighted by molar-refractivity contribution is 5.78. The van der Waals surface area contributed by atoms with Crippen LogP contribution in [0.4, 0.5) is 0 Å². The first kappa shape index (κ1) is 12.0. The van der Waals surface area contributed by atoms with Gasteiger partial charge in [-0.05, 0) is 37.6 Å². The van der Waals surface area contributed by atoms with Crippen LogP contribution in [0.1, 0.15) is 12.8 Å². The van der Waals surface area contributed by atoms with Gasteiger partial charge in [-0.1, -0.05) is 0 Å². The van der Waals surface area contributed by atoms with Crippen LogP contribution in [0.25, 0.3) is 10.9 Å². The SMILES string of the molecule is O=c1[nH]c2ccc(O)cc2c(=O)n1CC1CCCN1. The molecule has 1 fully saturated rings. The van der Waals surface area contributed by atoms with E-state index in [-0.39, 0.29) is 17.4 Å². The zero-order valence-corrected chi connectivity index (χ0v) is 10.3. The minimum Gasteiger partial charge on any atom is -0.508 e. The van der Waals surface area contributed by atoms with E-state index >= 15 is 0 Å². The van der Waals surface area contributed by atoms with E-state index in [1.165, 1.54) is 22.8 Å². The molecule has 1 aliphatic rings. The van der Waals surface area contributed by atoms with Gasteiger partial charge in [0.25, 0.3) is 5.56 Å². The van der Waals surface area contributed by atoms with Gasteiger partial charge >= 0.3 is 5.69 Å². The Kier molecular flexibility index (Phi) is 2.87. The smallest absolute Gasteiger partial charge is 0.328 e. The molecule has 1 unspecified atom stereocenters. The topological polar surface area (TPSA) is 87.1 Å². The summed E-state index contributed by atoms with van der Waals surface area (Å²) < 4.78 is 1.20. The lowest BCUT2D eigenvalue weighted by molar-refractivity contribution is 0.475. The number of nitrogens with zero attached hydrogens (tertiary/aromatic N) is 1. The Bertz CT molecular complexity index is 726. The Hall–Kier alpha value is -2.08. The summed E-state index contributed by atoms with van der Waals surface area (Å²) in [6.07, 6.45) is 2.02. The summed E-state index contributed by atoms with van der Waals surface area (Å²) >= 11 is 0. The number of nitrogens with one attached hydrogen (secondary N) is 2. The molecule has 0 bridgehead atoms. The molecule has 1 atom stereocenters. The van der Waals surface area contributed by atoms with E-state index < -0.39 is 5.69 Å². The molecule has 3 N–H and O–H groups in total. The summed E-state index contributed by atoms with van der Waals surface area (Å²) in [7, 11) is 0. The highest BCUT2D eigenvalue weighted by atomic mass is 16.3. The summed E-state index contributed by atoms with van der Waals surface area (Å²) in [5.74, 6) is 0.0159. The molecule has 6 nitrogen and oxygen atoms in total. The van der Waals surface area contributed by atoms with Gasteiger partial charge in [-0.3, -0.25) is 9.36 Å². The Morgan fingerprint density at radius 3 is 2.95 bits per heavy atom. The number of aromatic nitrogens is 2. The molecule has 0 saturated carbocycles. The first-order chi connectivity index (χ1) is 9.15. The fourth-order valence-electron chi connectivity index (χ4n) is 2.54. The zero-order valence-electron chi connectivity index (χ0n) is 10.3. The fourth-order valence-corrected chi connectivity index (χ4v) is 2.54. The van der Waals surface area contributed by atoms with E-state index in [0.29, 0.717) is 17.4 Å². The Labute approximate surface area is 108 Å². The third-order valence-corrected chi connectivity index (χ3v) is 3.53. The van der Waals surface area contributed by atoms with Gasteiger partial charge in [-0.15, -0.1) is 0 Å². The number of H-pyrrole nitrogens is 1. The summed E-state index contributed by atoms with van der Waals surface area (Å²) in [5, 5.41) is 13.0. The third kappa shape index (κ3) is 2.15.